The summed E-state index contributed by atoms with van der Waals surface area (Å²) in [5.74, 6) is 1.21. The zero-order valence-electron chi connectivity index (χ0n) is 17.7. The van der Waals surface area contributed by atoms with Crippen molar-refractivity contribution in [2.75, 3.05) is 13.2 Å². The van der Waals surface area contributed by atoms with Crippen LogP contribution in [0.4, 0.5) is 4.79 Å². The predicted molar refractivity (Wildman–Crippen MR) is 111 cm³/mol. The lowest BCUT2D eigenvalue weighted by Crippen LogP contribution is -2.11. The second-order valence-electron chi connectivity index (χ2n) is 7.09. The maximum absolute atomic E-state index is 11.7. The molecule has 2 unspecified atom stereocenters. The molecule has 0 aliphatic carbocycles. The van der Waals surface area contributed by atoms with E-state index in [-0.39, 0.29) is 0 Å². The molecule has 0 N–H and O–H groups in total. The van der Waals surface area contributed by atoms with Crippen LogP contribution in [-0.2, 0) is 9.47 Å². The first-order valence-electron chi connectivity index (χ1n) is 10.7. The minimum absolute atomic E-state index is 0.455. The number of rotatable bonds is 16. The molecule has 0 aromatic rings. The summed E-state index contributed by atoms with van der Waals surface area (Å²) < 4.78 is 10.4. The van der Waals surface area contributed by atoms with Gasteiger partial charge in [0.15, 0.2) is 0 Å². The molecule has 0 spiro atoms. The van der Waals surface area contributed by atoms with Crippen LogP contribution < -0.4 is 0 Å². The molecular formula is C23H42O3. The predicted octanol–water partition coefficient (Wildman–Crippen LogP) is 7.47. The van der Waals surface area contributed by atoms with E-state index in [9.17, 15) is 4.79 Å². The summed E-state index contributed by atoms with van der Waals surface area (Å²) in [5, 5.41) is 0. The Hall–Kier alpha value is -1.25. The maximum atomic E-state index is 11.7. The first kappa shape index (κ1) is 24.8. The van der Waals surface area contributed by atoms with Gasteiger partial charge in [-0.2, -0.15) is 0 Å². The van der Waals surface area contributed by atoms with Crippen molar-refractivity contribution in [1.29, 1.82) is 0 Å². The highest BCUT2D eigenvalue weighted by molar-refractivity contribution is 5.59. The molecule has 2 atom stereocenters. The number of allylic oxidation sites excluding steroid dienone is 4. The summed E-state index contributed by atoms with van der Waals surface area (Å²) >= 11 is 0. The quantitative estimate of drug-likeness (QED) is 0.161. The highest BCUT2D eigenvalue weighted by Crippen LogP contribution is 2.17. The van der Waals surface area contributed by atoms with Crippen LogP contribution in [0, 0.1) is 11.8 Å². The van der Waals surface area contributed by atoms with Crippen LogP contribution in [0.5, 0.6) is 0 Å². The molecule has 152 valence electrons. The Morgan fingerprint density at radius 2 is 1.12 bits per heavy atom. The summed E-state index contributed by atoms with van der Waals surface area (Å²) in [6, 6.07) is 0. The van der Waals surface area contributed by atoms with E-state index in [4.69, 9.17) is 9.47 Å². The van der Waals surface area contributed by atoms with Gasteiger partial charge in [-0.1, -0.05) is 63.8 Å². The van der Waals surface area contributed by atoms with E-state index >= 15 is 0 Å². The van der Waals surface area contributed by atoms with Gasteiger partial charge in [0.05, 0.1) is 13.2 Å². The number of hydrogen-bond acceptors (Lipinski definition) is 3. The fraction of sp³-hybridized carbons (Fsp3) is 0.783. The molecule has 0 saturated heterocycles. The molecule has 26 heavy (non-hydrogen) atoms. The van der Waals surface area contributed by atoms with Gasteiger partial charge in [0.25, 0.3) is 0 Å². The Morgan fingerprint density at radius 3 is 1.46 bits per heavy atom. The van der Waals surface area contributed by atoms with Crippen LogP contribution >= 0.6 is 0 Å². The number of carbonyl (C=O) groups is 1. The summed E-state index contributed by atoms with van der Waals surface area (Å²) in [7, 11) is 0. The first-order chi connectivity index (χ1) is 12.7. The zero-order chi connectivity index (χ0) is 19.5. The molecule has 0 heterocycles. The summed E-state index contributed by atoms with van der Waals surface area (Å²) in [6.07, 6.45) is 19.6. The van der Waals surface area contributed by atoms with Crippen LogP contribution in [0.15, 0.2) is 24.3 Å². The molecule has 0 aliphatic heterocycles. The van der Waals surface area contributed by atoms with E-state index < -0.39 is 6.16 Å². The maximum Gasteiger partial charge on any atom is 0.508 e. The molecule has 0 aliphatic rings. The molecule has 0 fully saturated rings. The van der Waals surface area contributed by atoms with Gasteiger partial charge < -0.3 is 9.47 Å². The van der Waals surface area contributed by atoms with Crippen LogP contribution in [0.3, 0.4) is 0 Å². The highest BCUT2D eigenvalue weighted by Gasteiger charge is 2.08. The third-order valence-electron chi connectivity index (χ3n) is 4.66. The topological polar surface area (TPSA) is 35.5 Å². The first-order valence-corrected chi connectivity index (χ1v) is 10.7. The van der Waals surface area contributed by atoms with Gasteiger partial charge >= 0.3 is 6.16 Å². The van der Waals surface area contributed by atoms with E-state index in [0.29, 0.717) is 25.0 Å². The smallest absolute Gasteiger partial charge is 0.434 e. The molecule has 0 radical (unpaired) electrons. The molecule has 3 heteroatoms. The monoisotopic (exact) mass is 366 g/mol. The van der Waals surface area contributed by atoms with Gasteiger partial charge in [0.2, 0.25) is 0 Å². The van der Waals surface area contributed by atoms with E-state index in [2.05, 4.69) is 52.0 Å². The lowest BCUT2D eigenvalue weighted by atomic mass is 9.96. The number of ether oxygens (including phenoxy) is 2. The molecule has 0 aromatic heterocycles. The van der Waals surface area contributed by atoms with E-state index in [1.807, 2.05) is 0 Å². The van der Waals surface area contributed by atoms with Crippen LogP contribution in [0.25, 0.3) is 0 Å². The van der Waals surface area contributed by atoms with Crippen molar-refractivity contribution in [2.45, 2.75) is 91.9 Å². The van der Waals surface area contributed by atoms with Crippen molar-refractivity contribution in [3.63, 3.8) is 0 Å². The fourth-order valence-electron chi connectivity index (χ4n) is 3.19. The minimum atomic E-state index is -0.516. The minimum Gasteiger partial charge on any atom is -0.434 e. The van der Waals surface area contributed by atoms with Gasteiger partial charge in [-0.3, -0.25) is 0 Å². The molecule has 0 aromatic carbocycles. The lowest BCUT2D eigenvalue weighted by Gasteiger charge is -2.13. The standard InChI is InChI=1S/C23H42O3/c1-5-9-15-21(13-7-3)17-11-19-25-23(24)26-20-12-18-22(14-8-4)16-10-6-2/h7-8,13-14,21-22H,5-6,9-12,15-20H2,1-4H3. The summed E-state index contributed by atoms with van der Waals surface area (Å²) in [4.78, 5) is 11.7. The highest BCUT2D eigenvalue weighted by atomic mass is 16.7. The van der Waals surface area contributed by atoms with Gasteiger partial charge in [-0.05, 0) is 64.2 Å². The van der Waals surface area contributed by atoms with Gasteiger partial charge in [-0.15, -0.1) is 0 Å². The largest absolute Gasteiger partial charge is 0.508 e. The summed E-state index contributed by atoms with van der Waals surface area (Å²) in [5.41, 5.74) is 0. The van der Waals surface area contributed by atoms with Gasteiger partial charge in [-0.25, -0.2) is 4.79 Å². The van der Waals surface area contributed by atoms with Gasteiger partial charge in [0, 0.05) is 0 Å². The second-order valence-corrected chi connectivity index (χ2v) is 7.09. The van der Waals surface area contributed by atoms with Gasteiger partial charge in [0.1, 0.15) is 0 Å². The third-order valence-corrected chi connectivity index (χ3v) is 4.66. The van der Waals surface area contributed by atoms with Crippen molar-refractivity contribution >= 4 is 6.16 Å². The Morgan fingerprint density at radius 1 is 0.731 bits per heavy atom. The van der Waals surface area contributed by atoms with Crippen molar-refractivity contribution in [2.24, 2.45) is 11.8 Å². The van der Waals surface area contributed by atoms with E-state index in [1.54, 1.807) is 0 Å². The number of hydrogen-bond donors (Lipinski definition) is 0. The van der Waals surface area contributed by atoms with E-state index in [0.717, 1.165) is 25.7 Å². The molecule has 3 nitrogen and oxygen atoms in total. The van der Waals surface area contributed by atoms with Crippen LogP contribution in [0.1, 0.15) is 91.9 Å². The van der Waals surface area contributed by atoms with E-state index in [1.165, 1.54) is 38.5 Å². The Kier molecular flexibility index (Phi) is 17.6. The Balaban J connectivity index is 3.78. The normalized spacial score (nSPS) is 14.0. The number of unbranched alkanes of at least 4 members (excludes halogenated alkanes) is 2. The van der Waals surface area contributed by atoms with Crippen molar-refractivity contribution in [1.82, 2.24) is 0 Å². The molecular weight excluding hydrogens is 324 g/mol. The average Bonchev–Trinajstić information content (AvgIpc) is 2.64. The molecule has 0 bridgehead atoms. The SMILES string of the molecule is CC=CC(CCCC)CCCOC(=O)OCCCC(C=CC)CCCC. The molecule has 0 saturated carbocycles. The third kappa shape index (κ3) is 15.0. The Bertz CT molecular complexity index is 340. The fourth-order valence-corrected chi connectivity index (χ4v) is 3.19. The van der Waals surface area contributed by atoms with Crippen molar-refractivity contribution < 1.29 is 14.3 Å². The van der Waals surface area contributed by atoms with Crippen LogP contribution in [-0.4, -0.2) is 19.4 Å². The molecule has 0 amide bonds. The lowest BCUT2D eigenvalue weighted by molar-refractivity contribution is 0.0519. The number of carbonyl (C=O) groups excluding carboxylic acids is 1. The Labute approximate surface area is 162 Å². The summed E-state index contributed by atoms with van der Waals surface area (Å²) in [6.45, 7) is 9.48. The zero-order valence-corrected chi connectivity index (χ0v) is 17.7. The average molecular weight is 367 g/mol. The second kappa shape index (κ2) is 18.5. The van der Waals surface area contributed by atoms with Crippen molar-refractivity contribution in [3.8, 4) is 0 Å². The van der Waals surface area contributed by atoms with Crippen molar-refractivity contribution in [3.05, 3.63) is 24.3 Å². The molecule has 0 rings (SSSR count). The van der Waals surface area contributed by atoms with Crippen LogP contribution in [0.2, 0.25) is 0 Å².